The zero-order valence-corrected chi connectivity index (χ0v) is 9.97. The van der Waals surface area contributed by atoms with Gasteiger partial charge in [0, 0.05) is 17.7 Å². The molecule has 0 aliphatic carbocycles. The summed E-state index contributed by atoms with van der Waals surface area (Å²) in [6.45, 7) is -0.533. The first-order valence-electron chi connectivity index (χ1n) is 4.16. The Kier molecular flexibility index (Phi) is 3.58. The predicted molar refractivity (Wildman–Crippen MR) is 52.1 cm³/mol. The van der Waals surface area contributed by atoms with Gasteiger partial charge in [-0.15, -0.1) is 5.10 Å². The third-order valence-electron chi connectivity index (χ3n) is 1.84. The van der Waals surface area contributed by atoms with Gasteiger partial charge < -0.3 is 0 Å². The van der Waals surface area contributed by atoms with Crippen molar-refractivity contribution in [2.45, 2.75) is 12.7 Å². The van der Waals surface area contributed by atoms with Crippen molar-refractivity contribution in [3.63, 3.8) is 0 Å². The Morgan fingerprint density at radius 3 is 2.29 bits per heavy atom. The van der Waals surface area contributed by atoms with Crippen LogP contribution in [0.4, 0.5) is 13.2 Å². The van der Waals surface area contributed by atoms with Crippen LogP contribution in [0.25, 0.3) is 0 Å². The lowest BCUT2D eigenvalue weighted by molar-refractivity contribution is -0.147. The molecule has 0 aliphatic heterocycles. The van der Waals surface area contributed by atoms with Crippen LogP contribution in [-0.4, -0.2) is 28.5 Å². The lowest BCUT2D eigenvalue weighted by atomic mass is 10.6. The molecule has 0 aromatic carbocycles. The SMILES string of the molecule is Cn1c(C(F)(F)F)nn(CCS(=O)(=O)Cl)c1=O. The predicted octanol–water partition coefficient (Wildman–Crippen LogP) is 0.169. The maximum Gasteiger partial charge on any atom is 0.451 e. The molecule has 98 valence electrons. The molecule has 1 heterocycles. The maximum absolute atomic E-state index is 12.3. The Morgan fingerprint density at radius 2 is 1.94 bits per heavy atom. The Labute approximate surface area is 98.0 Å². The lowest BCUT2D eigenvalue weighted by Crippen LogP contribution is -2.26. The molecular formula is C6H7ClF3N3O3S. The Balaban J connectivity index is 3.09. The van der Waals surface area contributed by atoms with Crippen molar-refractivity contribution in [2.75, 3.05) is 5.75 Å². The van der Waals surface area contributed by atoms with E-state index in [1.165, 1.54) is 0 Å². The molecule has 0 radical (unpaired) electrons. The van der Waals surface area contributed by atoms with Crippen LogP contribution in [0.1, 0.15) is 5.82 Å². The number of alkyl halides is 3. The van der Waals surface area contributed by atoms with E-state index in [0.717, 1.165) is 7.05 Å². The van der Waals surface area contributed by atoms with Gasteiger partial charge in [-0.25, -0.2) is 17.9 Å². The summed E-state index contributed by atoms with van der Waals surface area (Å²) >= 11 is 0. The highest BCUT2D eigenvalue weighted by atomic mass is 35.7. The van der Waals surface area contributed by atoms with Crippen molar-refractivity contribution in [1.29, 1.82) is 0 Å². The van der Waals surface area contributed by atoms with Crippen LogP contribution in [0, 0.1) is 0 Å². The molecule has 6 nitrogen and oxygen atoms in total. The first kappa shape index (κ1) is 14.0. The second-order valence-corrected chi connectivity index (χ2v) is 6.03. The summed E-state index contributed by atoms with van der Waals surface area (Å²) in [4.78, 5) is 11.3. The molecule has 11 heteroatoms. The second kappa shape index (κ2) is 4.33. The first-order chi connectivity index (χ1) is 7.52. The third-order valence-corrected chi connectivity index (χ3v) is 2.97. The summed E-state index contributed by atoms with van der Waals surface area (Å²) in [5, 5.41) is 3.00. The van der Waals surface area contributed by atoms with Crippen molar-refractivity contribution >= 4 is 19.7 Å². The molecular weight excluding hydrogens is 287 g/mol. The van der Waals surface area contributed by atoms with E-state index in [9.17, 15) is 26.4 Å². The highest BCUT2D eigenvalue weighted by Crippen LogP contribution is 2.25. The number of aryl methyl sites for hydroxylation is 1. The van der Waals surface area contributed by atoms with E-state index in [0.29, 0.717) is 9.25 Å². The topological polar surface area (TPSA) is 74.0 Å². The summed E-state index contributed by atoms with van der Waals surface area (Å²) in [5.41, 5.74) is -1.06. The van der Waals surface area contributed by atoms with E-state index in [-0.39, 0.29) is 0 Å². The molecule has 0 N–H and O–H groups in total. The summed E-state index contributed by atoms with van der Waals surface area (Å²) < 4.78 is 58.9. The Morgan fingerprint density at radius 1 is 1.41 bits per heavy atom. The van der Waals surface area contributed by atoms with E-state index in [2.05, 4.69) is 5.10 Å². The number of hydrogen-bond acceptors (Lipinski definition) is 4. The highest BCUT2D eigenvalue weighted by Gasteiger charge is 2.38. The van der Waals surface area contributed by atoms with Crippen LogP contribution in [0.15, 0.2) is 4.79 Å². The molecule has 0 saturated heterocycles. The average molecular weight is 294 g/mol. The van der Waals surface area contributed by atoms with E-state index in [1.807, 2.05) is 0 Å². The zero-order chi connectivity index (χ0) is 13.4. The summed E-state index contributed by atoms with van der Waals surface area (Å²) in [7, 11) is 1.87. The van der Waals surface area contributed by atoms with Crippen LogP contribution < -0.4 is 5.69 Å². The summed E-state index contributed by atoms with van der Waals surface area (Å²) in [6.07, 6.45) is -4.78. The molecule has 0 fully saturated rings. The van der Waals surface area contributed by atoms with Crippen LogP contribution in [-0.2, 0) is 28.8 Å². The molecule has 1 aromatic heterocycles. The van der Waals surface area contributed by atoms with Crippen LogP contribution in [0.3, 0.4) is 0 Å². The third kappa shape index (κ3) is 3.46. The minimum absolute atomic E-state index is 0.293. The van der Waals surface area contributed by atoms with Crippen molar-refractivity contribution < 1.29 is 21.6 Å². The quantitative estimate of drug-likeness (QED) is 0.745. The van der Waals surface area contributed by atoms with Gasteiger partial charge in [0.25, 0.3) is 0 Å². The monoisotopic (exact) mass is 293 g/mol. The van der Waals surface area contributed by atoms with E-state index < -0.39 is 39.0 Å². The number of aromatic nitrogens is 3. The fourth-order valence-electron chi connectivity index (χ4n) is 1.08. The molecule has 0 unspecified atom stereocenters. The van der Waals surface area contributed by atoms with Gasteiger partial charge in [0.1, 0.15) is 0 Å². The summed E-state index contributed by atoms with van der Waals surface area (Å²) in [5.74, 6) is -2.07. The Bertz CT molecular complexity index is 574. The van der Waals surface area contributed by atoms with Gasteiger partial charge in [-0.1, -0.05) is 0 Å². The van der Waals surface area contributed by atoms with E-state index in [4.69, 9.17) is 10.7 Å². The highest BCUT2D eigenvalue weighted by molar-refractivity contribution is 8.13. The maximum atomic E-state index is 12.3. The molecule has 17 heavy (non-hydrogen) atoms. The lowest BCUT2D eigenvalue weighted by Gasteiger charge is -2.02. The zero-order valence-electron chi connectivity index (χ0n) is 8.40. The largest absolute Gasteiger partial charge is 0.451 e. The van der Waals surface area contributed by atoms with E-state index >= 15 is 0 Å². The molecule has 0 bridgehead atoms. The number of hydrogen-bond donors (Lipinski definition) is 0. The molecule has 1 rings (SSSR count). The number of rotatable bonds is 3. The summed E-state index contributed by atoms with van der Waals surface area (Å²) in [6, 6.07) is 0. The smallest absolute Gasteiger partial charge is 0.274 e. The fraction of sp³-hybridized carbons (Fsp3) is 0.667. The standard InChI is InChI=1S/C6H7ClF3N3O3S/c1-12-4(6(8,9)10)11-13(5(12)14)2-3-17(7,15)16/h2-3H2,1H3. The minimum Gasteiger partial charge on any atom is -0.274 e. The first-order valence-corrected chi connectivity index (χ1v) is 6.63. The van der Waals surface area contributed by atoms with Crippen LogP contribution in [0.2, 0.25) is 0 Å². The average Bonchev–Trinajstić information content (AvgIpc) is 2.39. The van der Waals surface area contributed by atoms with E-state index in [1.54, 1.807) is 0 Å². The molecule has 0 spiro atoms. The Hall–Kier alpha value is -1.03. The molecule has 0 aliphatic rings. The van der Waals surface area contributed by atoms with Crippen LogP contribution >= 0.6 is 10.7 Å². The van der Waals surface area contributed by atoms with Crippen LogP contribution in [0.5, 0.6) is 0 Å². The minimum atomic E-state index is -4.78. The van der Waals surface area contributed by atoms with Gasteiger partial charge in [0.05, 0.1) is 12.3 Å². The van der Waals surface area contributed by atoms with Gasteiger partial charge in [-0.05, 0) is 0 Å². The second-order valence-electron chi connectivity index (χ2n) is 3.13. The fourth-order valence-corrected chi connectivity index (χ4v) is 1.67. The van der Waals surface area contributed by atoms with Gasteiger partial charge in [-0.2, -0.15) is 13.2 Å². The van der Waals surface area contributed by atoms with Gasteiger partial charge in [-0.3, -0.25) is 4.57 Å². The van der Waals surface area contributed by atoms with Crippen molar-refractivity contribution in [1.82, 2.24) is 14.3 Å². The molecule has 0 atom stereocenters. The van der Waals surface area contributed by atoms with Gasteiger partial charge >= 0.3 is 11.9 Å². The molecule has 0 amide bonds. The van der Waals surface area contributed by atoms with Crippen molar-refractivity contribution in [2.24, 2.45) is 7.05 Å². The number of nitrogens with zero attached hydrogens (tertiary/aromatic N) is 3. The van der Waals surface area contributed by atoms with Crippen molar-refractivity contribution in [3.05, 3.63) is 16.3 Å². The normalized spacial score (nSPS) is 13.0. The molecule has 1 aromatic rings. The van der Waals surface area contributed by atoms with Gasteiger partial charge in [0.2, 0.25) is 14.9 Å². The van der Waals surface area contributed by atoms with Crippen molar-refractivity contribution in [3.8, 4) is 0 Å². The van der Waals surface area contributed by atoms with Gasteiger partial charge in [0.15, 0.2) is 0 Å². The molecule has 0 saturated carbocycles. The number of halogens is 4.